The zero-order valence-corrected chi connectivity index (χ0v) is 17.8. The Morgan fingerprint density at radius 1 is 0.906 bits per heavy atom. The summed E-state index contributed by atoms with van der Waals surface area (Å²) in [5, 5.41) is 2.74. The molecule has 4 rings (SSSR count). The molecule has 0 aliphatic carbocycles. The van der Waals surface area contributed by atoms with Gasteiger partial charge in [-0.3, -0.25) is 9.59 Å². The largest absolute Gasteiger partial charge is 0.416 e. The van der Waals surface area contributed by atoms with Crippen molar-refractivity contribution in [3.8, 4) is 10.6 Å². The van der Waals surface area contributed by atoms with Crippen LogP contribution < -0.4 is 0 Å². The minimum Gasteiger partial charge on any atom is -0.339 e. The molecule has 0 unspecified atom stereocenters. The van der Waals surface area contributed by atoms with Gasteiger partial charge in [-0.05, 0) is 24.3 Å². The van der Waals surface area contributed by atoms with Gasteiger partial charge >= 0.3 is 6.18 Å². The molecule has 1 aromatic heterocycles. The molecule has 5 nitrogen and oxygen atoms in total. The molecule has 9 heteroatoms. The van der Waals surface area contributed by atoms with E-state index in [2.05, 4.69) is 4.98 Å². The third kappa shape index (κ3) is 4.99. The molecule has 1 fully saturated rings. The van der Waals surface area contributed by atoms with Crippen LogP contribution in [0.25, 0.3) is 10.6 Å². The fourth-order valence-corrected chi connectivity index (χ4v) is 4.34. The second-order valence-electron chi connectivity index (χ2n) is 7.43. The van der Waals surface area contributed by atoms with E-state index in [4.69, 9.17) is 0 Å². The fraction of sp³-hybridized carbons (Fsp3) is 0.261. The number of halogens is 3. The van der Waals surface area contributed by atoms with Gasteiger partial charge in [-0.15, -0.1) is 11.3 Å². The Bertz CT molecular complexity index is 1090. The molecule has 2 aromatic carbocycles. The first-order valence-electron chi connectivity index (χ1n) is 10.1. The first-order chi connectivity index (χ1) is 15.3. The van der Waals surface area contributed by atoms with Crippen molar-refractivity contribution in [2.45, 2.75) is 12.6 Å². The van der Waals surface area contributed by atoms with Gasteiger partial charge in [-0.1, -0.05) is 30.3 Å². The van der Waals surface area contributed by atoms with Gasteiger partial charge in [0.2, 0.25) is 5.91 Å². The Hall–Kier alpha value is -3.20. The van der Waals surface area contributed by atoms with Crippen LogP contribution in [0.15, 0.2) is 60.0 Å². The summed E-state index contributed by atoms with van der Waals surface area (Å²) in [4.78, 5) is 33.1. The normalized spacial score (nSPS) is 14.5. The molecule has 0 N–H and O–H groups in total. The first-order valence-corrected chi connectivity index (χ1v) is 10.9. The van der Waals surface area contributed by atoms with E-state index in [9.17, 15) is 22.8 Å². The summed E-state index contributed by atoms with van der Waals surface area (Å²) in [6.45, 7) is 1.41. The number of amides is 2. The maximum atomic E-state index is 12.7. The Morgan fingerprint density at radius 3 is 2.16 bits per heavy atom. The van der Waals surface area contributed by atoms with Crippen LogP contribution >= 0.6 is 11.3 Å². The van der Waals surface area contributed by atoms with Crippen molar-refractivity contribution in [3.63, 3.8) is 0 Å². The highest BCUT2D eigenvalue weighted by molar-refractivity contribution is 7.13. The molecule has 3 aromatic rings. The summed E-state index contributed by atoms with van der Waals surface area (Å²) >= 11 is 1.49. The molecular weight excluding hydrogens is 439 g/mol. The third-order valence-electron chi connectivity index (χ3n) is 5.28. The van der Waals surface area contributed by atoms with E-state index in [1.165, 1.54) is 23.5 Å². The number of rotatable bonds is 4. The van der Waals surface area contributed by atoms with Crippen molar-refractivity contribution in [2.75, 3.05) is 26.2 Å². The van der Waals surface area contributed by atoms with E-state index in [0.717, 1.165) is 22.7 Å². The highest BCUT2D eigenvalue weighted by Crippen LogP contribution is 2.29. The molecule has 1 aliphatic heterocycles. The predicted molar refractivity (Wildman–Crippen MR) is 115 cm³/mol. The number of alkyl halides is 3. The Kier molecular flexibility index (Phi) is 6.27. The number of piperazine rings is 1. The Morgan fingerprint density at radius 2 is 1.53 bits per heavy atom. The highest BCUT2D eigenvalue weighted by atomic mass is 32.1. The number of aromatic nitrogens is 1. The number of thiazole rings is 1. The Balaban J connectivity index is 1.31. The van der Waals surface area contributed by atoms with Crippen molar-refractivity contribution < 1.29 is 22.8 Å². The van der Waals surface area contributed by atoms with Gasteiger partial charge in [0.1, 0.15) is 5.01 Å². The molecule has 0 bridgehead atoms. The van der Waals surface area contributed by atoms with Crippen molar-refractivity contribution >= 4 is 23.2 Å². The van der Waals surface area contributed by atoms with Crippen LogP contribution in [0.3, 0.4) is 0 Å². The Labute approximate surface area is 187 Å². The van der Waals surface area contributed by atoms with Crippen molar-refractivity contribution in [2.24, 2.45) is 0 Å². The SMILES string of the molecule is O=C(Cc1csc(-c2ccccc2)n1)N1CCN(C(=O)c2ccc(C(F)(F)F)cc2)CC1. The lowest BCUT2D eigenvalue weighted by Crippen LogP contribution is -2.51. The number of carbonyl (C=O) groups excluding carboxylic acids is 2. The van der Waals surface area contributed by atoms with Crippen molar-refractivity contribution in [3.05, 3.63) is 76.8 Å². The molecule has 32 heavy (non-hydrogen) atoms. The fourth-order valence-electron chi connectivity index (χ4n) is 3.51. The number of hydrogen-bond acceptors (Lipinski definition) is 4. The molecule has 1 saturated heterocycles. The maximum absolute atomic E-state index is 12.7. The second-order valence-corrected chi connectivity index (χ2v) is 8.29. The molecule has 2 amide bonds. The summed E-state index contributed by atoms with van der Waals surface area (Å²) in [6, 6.07) is 13.9. The van der Waals surface area contributed by atoms with Crippen LogP contribution in [0, 0.1) is 0 Å². The highest BCUT2D eigenvalue weighted by Gasteiger charge is 2.31. The summed E-state index contributed by atoms with van der Waals surface area (Å²) in [6.07, 6.45) is -4.25. The van der Waals surface area contributed by atoms with Crippen LogP contribution in [0.2, 0.25) is 0 Å². The van der Waals surface area contributed by atoms with Gasteiger partial charge < -0.3 is 9.80 Å². The van der Waals surface area contributed by atoms with E-state index < -0.39 is 11.7 Å². The summed E-state index contributed by atoms with van der Waals surface area (Å²) < 4.78 is 38.1. The van der Waals surface area contributed by atoms with E-state index in [-0.39, 0.29) is 23.8 Å². The summed E-state index contributed by atoms with van der Waals surface area (Å²) in [7, 11) is 0. The second kappa shape index (κ2) is 9.12. The molecule has 0 atom stereocenters. The van der Waals surface area contributed by atoms with Crippen LogP contribution in [0.1, 0.15) is 21.6 Å². The quantitative estimate of drug-likeness (QED) is 0.583. The average molecular weight is 459 g/mol. The van der Waals surface area contributed by atoms with Crippen LogP contribution in [0.5, 0.6) is 0 Å². The zero-order valence-electron chi connectivity index (χ0n) is 17.0. The van der Waals surface area contributed by atoms with Gasteiger partial charge in [0.25, 0.3) is 5.91 Å². The monoisotopic (exact) mass is 459 g/mol. The first kappa shape index (κ1) is 22.0. The molecular formula is C23H20F3N3O2S. The lowest BCUT2D eigenvalue weighted by Gasteiger charge is -2.34. The van der Waals surface area contributed by atoms with Crippen LogP contribution in [-0.2, 0) is 17.4 Å². The number of carbonyl (C=O) groups is 2. The topological polar surface area (TPSA) is 53.5 Å². The molecule has 0 spiro atoms. The van der Waals surface area contributed by atoms with E-state index in [1.54, 1.807) is 9.80 Å². The number of nitrogens with zero attached hydrogens (tertiary/aromatic N) is 3. The van der Waals surface area contributed by atoms with E-state index in [0.29, 0.717) is 31.9 Å². The molecule has 1 aliphatic rings. The smallest absolute Gasteiger partial charge is 0.339 e. The predicted octanol–water partition coefficient (Wildman–Crippen LogP) is 4.36. The van der Waals surface area contributed by atoms with Gasteiger partial charge in [-0.25, -0.2) is 4.98 Å². The van der Waals surface area contributed by atoms with E-state index in [1.807, 2.05) is 35.7 Å². The molecule has 0 radical (unpaired) electrons. The summed E-state index contributed by atoms with van der Waals surface area (Å²) in [5.74, 6) is -0.394. The van der Waals surface area contributed by atoms with Gasteiger partial charge in [0.05, 0.1) is 17.7 Å². The van der Waals surface area contributed by atoms with Crippen molar-refractivity contribution in [1.29, 1.82) is 0 Å². The van der Waals surface area contributed by atoms with Crippen LogP contribution in [-0.4, -0.2) is 52.8 Å². The van der Waals surface area contributed by atoms with Gasteiger partial charge in [0, 0.05) is 42.7 Å². The van der Waals surface area contributed by atoms with Crippen molar-refractivity contribution in [1.82, 2.24) is 14.8 Å². The average Bonchev–Trinajstić information content (AvgIpc) is 3.27. The number of benzene rings is 2. The minimum absolute atomic E-state index is 0.0588. The lowest BCUT2D eigenvalue weighted by atomic mass is 10.1. The molecule has 0 saturated carbocycles. The minimum atomic E-state index is -4.44. The van der Waals surface area contributed by atoms with Crippen LogP contribution in [0.4, 0.5) is 13.2 Å². The zero-order chi connectivity index (χ0) is 22.7. The molecule has 166 valence electrons. The van der Waals surface area contributed by atoms with Gasteiger partial charge in [0.15, 0.2) is 0 Å². The standard InChI is InChI=1S/C23H20F3N3O2S/c24-23(25,26)18-8-6-17(7-9-18)22(31)29-12-10-28(11-13-29)20(30)14-19-15-32-21(27-19)16-4-2-1-3-5-16/h1-9,15H,10-14H2. The van der Waals surface area contributed by atoms with Gasteiger partial charge in [-0.2, -0.15) is 13.2 Å². The third-order valence-corrected chi connectivity index (χ3v) is 6.22. The van der Waals surface area contributed by atoms with E-state index >= 15 is 0 Å². The maximum Gasteiger partial charge on any atom is 0.416 e. The molecule has 2 heterocycles. The summed E-state index contributed by atoms with van der Waals surface area (Å²) in [5.41, 5.74) is 1.13. The number of hydrogen-bond donors (Lipinski definition) is 0. The lowest BCUT2D eigenvalue weighted by molar-refractivity contribution is -0.137.